The number of benzene rings is 4. The monoisotopic (exact) mass is 423 g/mol. The highest BCUT2D eigenvalue weighted by atomic mass is 16.5. The molecule has 1 amide bonds. The number of carbonyl (C=O) groups excluding carboxylic acids is 1. The number of carbonyl (C=O) groups is 1. The Labute approximate surface area is 188 Å². The third-order valence-corrected chi connectivity index (χ3v) is 5.15. The molecule has 0 saturated carbocycles. The van der Waals surface area contributed by atoms with E-state index in [0.29, 0.717) is 18.7 Å². The van der Waals surface area contributed by atoms with E-state index in [0.717, 1.165) is 33.4 Å². The van der Waals surface area contributed by atoms with Gasteiger partial charge in [0.2, 0.25) is 0 Å². The van der Waals surface area contributed by atoms with Crippen LogP contribution in [0.4, 0.5) is 0 Å². The van der Waals surface area contributed by atoms with Gasteiger partial charge in [0.15, 0.2) is 0 Å². The van der Waals surface area contributed by atoms with Crippen LogP contribution in [0, 0.1) is 0 Å². The lowest BCUT2D eigenvalue weighted by Crippen LogP contribution is -2.28. The van der Waals surface area contributed by atoms with E-state index in [1.54, 1.807) is 7.11 Å². The molecule has 4 rings (SSSR count). The smallest absolute Gasteiger partial charge is 0.252 e. The van der Waals surface area contributed by atoms with Crippen molar-refractivity contribution < 1.29 is 14.3 Å². The fourth-order valence-electron chi connectivity index (χ4n) is 3.51. The van der Waals surface area contributed by atoms with Gasteiger partial charge in [-0.3, -0.25) is 4.79 Å². The maximum absolute atomic E-state index is 13.0. The third kappa shape index (κ3) is 5.16. The highest BCUT2D eigenvalue weighted by molar-refractivity contribution is 6.24. The van der Waals surface area contributed by atoms with E-state index in [1.165, 1.54) is 0 Å². The maximum Gasteiger partial charge on any atom is 0.252 e. The quantitative estimate of drug-likeness (QED) is 0.228. The molecular weight excluding hydrogens is 398 g/mol. The molecule has 0 saturated heterocycles. The lowest BCUT2D eigenvalue weighted by Gasteiger charge is -2.12. The van der Waals surface area contributed by atoms with Gasteiger partial charge in [-0.25, -0.2) is 0 Å². The predicted molar refractivity (Wildman–Crippen MR) is 130 cm³/mol. The lowest BCUT2D eigenvalue weighted by molar-refractivity contribution is -0.115. The lowest BCUT2D eigenvalue weighted by atomic mass is 10.0. The van der Waals surface area contributed by atoms with Crippen molar-refractivity contribution in [3.8, 4) is 11.5 Å². The zero-order valence-electron chi connectivity index (χ0n) is 18.0. The largest absolute Gasteiger partial charge is 0.497 e. The van der Waals surface area contributed by atoms with Gasteiger partial charge < -0.3 is 14.8 Å². The Hall–Kier alpha value is -4.05. The summed E-state index contributed by atoms with van der Waals surface area (Å²) in [6.45, 7) is 0.777. The summed E-state index contributed by atoms with van der Waals surface area (Å²) < 4.78 is 11.2. The van der Waals surface area contributed by atoms with E-state index >= 15 is 0 Å². The van der Waals surface area contributed by atoms with Crippen LogP contribution in [0.2, 0.25) is 0 Å². The van der Waals surface area contributed by atoms with Crippen LogP contribution in [0.5, 0.6) is 11.5 Å². The minimum absolute atomic E-state index is 0.145. The normalized spacial score (nSPS) is 11.2. The fourth-order valence-corrected chi connectivity index (χ4v) is 3.51. The van der Waals surface area contributed by atoms with E-state index in [4.69, 9.17) is 9.47 Å². The van der Waals surface area contributed by atoms with Crippen LogP contribution in [-0.2, 0) is 4.79 Å². The molecule has 0 heterocycles. The maximum atomic E-state index is 13.0. The second kappa shape index (κ2) is 10.3. The Morgan fingerprint density at radius 3 is 2.34 bits per heavy atom. The molecule has 0 bridgehead atoms. The van der Waals surface area contributed by atoms with E-state index in [-0.39, 0.29) is 5.91 Å². The first-order chi connectivity index (χ1) is 15.7. The van der Waals surface area contributed by atoms with E-state index < -0.39 is 0 Å². The topological polar surface area (TPSA) is 47.6 Å². The molecule has 0 aliphatic carbocycles. The Morgan fingerprint density at radius 2 is 1.56 bits per heavy atom. The van der Waals surface area contributed by atoms with Crippen molar-refractivity contribution >= 4 is 28.3 Å². The average molecular weight is 424 g/mol. The molecule has 0 spiro atoms. The van der Waals surface area contributed by atoms with Crippen molar-refractivity contribution in [1.82, 2.24) is 5.32 Å². The van der Waals surface area contributed by atoms with E-state index in [9.17, 15) is 4.79 Å². The summed E-state index contributed by atoms with van der Waals surface area (Å²) in [5, 5.41) is 5.17. The number of fused-ring (bicyclic) bond motifs is 1. The summed E-state index contributed by atoms with van der Waals surface area (Å²) in [6, 6.07) is 31.3. The molecular formula is C28H25NO3. The summed E-state index contributed by atoms with van der Waals surface area (Å²) in [4.78, 5) is 13.0. The highest BCUT2D eigenvalue weighted by Gasteiger charge is 2.12. The first kappa shape index (κ1) is 21.2. The van der Waals surface area contributed by atoms with E-state index in [2.05, 4.69) is 17.4 Å². The van der Waals surface area contributed by atoms with Crippen LogP contribution >= 0.6 is 0 Å². The zero-order valence-corrected chi connectivity index (χ0v) is 18.0. The van der Waals surface area contributed by atoms with Crippen molar-refractivity contribution in [2.75, 3.05) is 20.3 Å². The van der Waals surface area contributed by atoms with Crippen LogP contribution in [0.3, 0.4) is 0 Å². The number of ether oxygens (including phenoxy) is 2. The Kier molecular flexibility index (Phi) is 6.83. The van der Waals surface area contributed by atoms with Gasteiger partial charge in [0, 0.05) is 11.0 Å². The molecule has 0 aliphatic heterocycles. The molecule has 4 aromatic rings. The molecule has 0 aromatic heterocycles. The number of nitrogens with one attached hydrogen (secondary N) is 1. The molecule has 0 fully saturated rings. The highest BCUT2D eigenvalue weighted by Crippen LogP contribution is 2.25. The van der Waals surface area contributed by atoms with Crippen LogP contribution in [0.25, 0.3) is 22.4 Å². The molecule has 0 aliphatic rings. The molecule has 32 heavy (non-hydrogen) atoms. The SMILES string of the molecule is COc1ccc(/C=C(/C(=O)NCCOc2cccc3ccccc23)c2ccccc2)cc1. The molecule has 160 valence electrons. The van der Waals surface area contributed by atoms with Crippen LogP contribution in [0.15, 0.2) is 97.1 Å². The number of hydrogen-bond acceptors (Lipinski definition) is 3. The first-order valence-electron chi connectivity index (χ1n) is 10.5. The van der Waals surface area contributed by atoms with Crippen LogP contribution in [0.1, 0.15) is 11.1 Å². The number of amides is 1. The van der Waals surface area contributed by atoms with Gasteiger partial charge in [0.05, 0.1) is 13.7 Å². The number of rotatable bonds is 8. The number of hydrogen-bond donors (Lipinski definition) is 1. The zero-order chi connectivity index (χ0) is 22.2. The van der Waals surface area contributed by atoms with Gasteiger partial charge in [-0.15, -0.1) is 0 Å². The molecule has 0 radical (unpaired) electrons. The van der Waals surface area contributed by atoms with Crippen molar-refractivity contribution in [2.45, 2.75) is 0 Å². The average Bonchev–Trinajstić information content (AvgIpc) is 2.86. The van der Waals surface area contributed by atoms with Crippen molar-refractivity contribution in [3.63, 3.8) is 0 Å². The summed E-state index contributed by atoms with van der Waals surface area (Å²) in [5.74, 6) is 1.45. The van der Waals surface area contributed by atoms with Crippen molar-refractivity contribution in [3.05, 3.63) is 108 Å². The minimum Gasteiger partial charge on any atom is -0.497 e. The molecule has 1 N–H and O–H groups in total. The van der Waals surface area contributed by atoms with Gasteiger partial charge in [-0.1, -0.05) is 78.9 Å². The summed E-state index contributed by atoms with van der Waals surface area (Å²) >= 11 is 0. The Balaban J connectivity index is 1.45. The predicted octanol–water partition coefficient (Wildman–Crippen LogP) is 5.58. The third-order valence-electron chi connectivity index (χ3n) is 5.15. The second-order valence-electron chi connectivity index (χ2n) is 7.28. The Morgan fingerprint density at radius 1 is 0.844 bits per heavy atom. The van der Waals surface area contributed by atoms with Gasteiger partial charge in [-0.05, 0) is 40.8 Å². The van der Waals surface area contributed by atoms with Gasteiger partial charge in [0.25, 0.3) is 5.91 Å². The molecule has 0 atom stereocenters. The second-order valence-corrected chi connectivity index (χ2v) is 7.28. The van der Waals surface area contributed by atoms with E-state index in [1.807, 2.05) is 91.0 Å². The molecule has 0 unspecified atom stereocenters. The number of methoxy groups -OCH3 is 1. The molecule has 4 heteroatoms. The minimum atomic E-state index is -0.145. The summed E-state index contributed by atoms with van der Waals surface area (Å²) in [7, 11) is 1.63. The molecule has 4 aromatic carbocycles. The van der Waals surface area contributed by atoms with Crippen molar-refractivity contribution in [2.24, 2.45) is 0 Å². The molecule has 4 nitrogen and oxygen atoms in total. The van der Waals surface area contributed by atoms with Gasteiger partial charge in [-0.2, -0.15) is 0 Å². The standard InChI is InChI=1S/C28H25NO3/c1-31-24-16-14-21(15-17-24)20-26(23-8-3-2-4-9-23)28(30)29-18-19-32-27-13-7-11-22-10-5-6-12-25(22)27/h2-17,20H,18-19H2,1H3,(H,29,30)/b26-20+. The van der Waals surface area contributed by atoms with Gasteiger partial charge in [0.1, 0.15) is 18.1 Å². The van der Waals surface area contributed by atoms with Crippen molar-refractivity contribution in [1.29, 1.82) is 0 Å². The summed E-state index contributed by atoms with van der Waals surface area (Å²) in [6.07, 6.45) is 1.88. The fraction of sp³-hybridized carbons (Fsp3) is 0.107. The van der Waals surface area contributed by atoms with Crippen LogP contribution < -0.4 is 14.8 Å². The van der Waals surface area contributed by atoms with Crippen LogP contribution in [-0.4, -0.2) is 26.2 Å². The summed E-state index contributed by atoms with van der Waals surface area (Å²) in [5.41, 5.74) is 2.38. The van der Waals surface area contributed by atoms with Gasteiger partial charge >= 0.3 is 0 Å². The Bertz CT molecular complexity index is 1210. The first-order valence-corrected chi connectivity index (χ1v) is 10.5.